The molecule has 0 aliphatic heterocycles. The van der Waals surface area contributed by atoms with Crippen LogP contribution in [-0.4, -0.2) is 11.2 Å². The van der Waals surface area contributed by atoms with Gasteiger partial charge in [-0.15, -0.1) is 0 Å². The summed E-state index contributed by atoms with van der Waals surface area (Å²) < 4.78 is 10.2. The Balaban J connectivity index is 1.69. The maximum atomic E-state index is 5.21. The van der Waals surface area contributed by atoms with Gasteiger partial charge in [-0.2, -0.15) is 0 Å². The van der Waals surface area contributed by atoms with E-state index in [1.54, 1.807) is 12.5 Å². The van der Waals surface area contributed by atoms with Crippen LogP contribution in [0.15, 0.2) is 33.6 Å². The average Bonchev–Trinajstić information content (AvgIpc) is 2.78. The highest BCUT2D eigenvalue weighted by molar-refractivity contribution is 5.55. The minimum atomic E-state index is 0.694. The third-order valence-electron chi connectivity index (χ3n) is 2.51. The fraction of sp³-hybridized carbons (Fsp3) is 0.364. The lowest BCUT2D eigenvalue weighted by atomic mass is 10.2. The SMILES string of the molecule is c1cc(-c2cc(CNC3CC3)no2)co1. The normalized spacial score (nSPS) is 15.7. The molecule has 78 valence electrons. The Morgan fingerprint density at radius 1 is 1.47 bits per heavy atom. The first-order chi connectivity index (χ1) is 7.42. The van der Waals surface area contributed by atoms with E-state index in [0.717, 1.165) is 23.6 Å². The van der Waals surface area contributed by atoms with Crippen molar-refractivity contribution >= 4 is 0 Å². The van der Waals surface area contributed by atoms with Crippen LogP contribution in [0.25, 0.3) is 11.3 Å². The second kappa shape index (κ2) is 3.55. The number of nitrogens with zero attached hydrogens (tertiary/aromatic N) is 1. The minimum Gasteiger partial charge on any atom is -0.472 e. The van der Waals surface area contributed by atoms with E-state index in [0.29, 0.717) is 6.04 Å². The number of rotatable bonds is 4. The van der Waals surface area contributed by atoms with Crippen LogP contribution >= 0.6 is 0 Å². The largest absolute Gasteiger partial charge is 0.472 e. The molecular formula is C11H12N2O2. The zero-order valence-electron chi connectivity index (χ0n) is 8.27. The second-order valence-corrected chi connectivity index (χ2v) is 3.85. The first-order valence-corrected chi connectivity index (χ1v) is 5.13. The van der Waals surface area contributed by atoms with Crippen molar-refractivity contribution in [1.82, 2.24) is 10.5 Å². The van der Waals surface area contributed by atoms with Crippen LogP contribution < -0.4 is 5.32 Å². The summed E-state index contributed by atoms with van der Waals surface area (Å²) in [5.41, 5.74) is 1.87. The smallest absolute Gasteiger partial charge is 0.170 e. The summed E-state index contributed by atoms with van der Waals surface area (Å²) in [5, 5.41) is 7.38. The molecular weight excluding hydrogens is 192 g/mol. The van der Waals surface area contributed by atoms with E-state index in [1.165, 1.54) is 12.8 Å². The van der Waals surface area contributed by atoms with Crippen molar-refractivity contribution in [3.8, 4) is 11.3 Å². The van der Waals surface area contributed by atoms with Crippen LogP contribution in [-0.2, 0) is 6.54 Å². The lowest BCUT2D eigenvalue weighted by Crippen LogP contribution is -2.15. The molecule has 1 fully saturated rings. The molecule has 3 rings (SSSR count). The van der Waals surface area contributed by atoms with Gasteiger partial charge in [-0.3, -0.25) is 0 Å². The average molecular weight is 204 g/mol. The summed E-state index contributed by atoms with van der Waals surface area (Å²) in [7, 11) is 0. The molecule has 0 amide bonds. The maximum Gasteiger partial charge on any atom is 0.170 e. The number of furan rings is 1. The Kier molecular flexibility index (Phi) is 2.07. The standard InChI is InChI=1S/C11H12N2O2/c1-2-9(1)12-6-10-5-11(15-13-10)8-3-4-14-7-8/h3-5,7,9,12H,1-2,6H2. The monoisotopic (exact) mass is 204 g/mol. The van der Waals surface area contributed by atoms with Gasteiger partial charge < -0.3 is 14.3 Å². The zero-order chi connectivity index (χ0) is 10.1. The summed E-state index contributed by atoms with van der Waals surface area (Å²) >= 11 is 0. The third kappa shape index (κ3) is 1.94. The molecule has 2 heterocycles. The van der Waals surface area contributed by atoms with Gasteiger partial charge in [0.15, 0.2) is 5.76 Å². The van der Waals surface area contributed by atoms with Crippen LogP contribution in [0.3, 0.4) is 0 Å². The van der Waals surface area contributed by atoms with E-state index < -0.39 is 0 Å². The Bertz CT molecular complexity index is 429. The van der Waals surface area contributed by atoms with Crippen molar-refractivity contribution < 1.29 is 8.94 Å². The predicted molar refractivity (Wildman–Crippen MR) is 54.1 cm³/mol. The molecule has 0 atom stereocenters. The van der Waals surface area contributed by atoms with Gasteiger partial charge >= 0.3 is 0 Å². The van der Waals surface area contributed by atoms with Crippen LogP contribution in [0, 0.1) is 0 Å². The summed E-state index contributed by atoms with van der Waals surface area (Å²) in [5.74, 6) is 0.761. The lowest BCUT2D eigenvalue weighted by molar-refractivity contribution is 0.419. The molecule has 4 nitrogen and oxygen atoms in total. The highest BCUT2D eigenvalue weighted by Gasteiger charge is 2.20. The summed E-state index contributed by atoms with van der Waals surface area (Å²) in [6, 6.07) is 4.50. The van der Waals surface area contributed by atoms with Crippen molar-refractivity contribution in [3.63, 3.8) is 0 Å². The molecule has 1 saturated carbocycles. The van der Waals surface area contributed by atoms with Crippen LogP contribution in [0.5, 0.6) is 0 Å². The fourth-order valence-corrected chi connectivity index (χ4v) is 1.47. The van der Waals surface area contributed by atoms with E-state index in [-0.39, 0.29) is 0 Å². The summed E-state index contributed by atoms with van der Waals surface area (Å²) in [6.45, 7) is 0.784. The molecule has 0 unspecified atom stereocenters. The van der Waals surface area contributed by atoms with Gasteiger partial charge in [0.25, 0.3) is 0 Å². The molecule has 1 N–H and O–H groups in total. The van der Waals surface area contributed by atoms with E-state index >= 15 is 0 Å². The molecule has 4 heteroatoms. The van der Waals surface area contributed by atoms with Crippen molar-refractivity contribution in [1.29, 1.82) is 0 Å². The highest BCUT2D eigenvalue weighted by Crippen LogP contribution is 2.22. The third-order valence-corrected chi connectivity index (χ3v) is 2.51. The molecule has 0 saturated heterocycles. The number of hydrogen-bond donors (Lipinski definition) is 1. The van der Waals surface area contributed by atoms with E-state index in [4.69, 9.17) is 8.94 Å². The van der Waals surface area contributed by atoms with Gasteiger partial charge in [0.05, 0.1) is 17.5 Å². The van der Waals surface area contributed by atoms with Crippen molar-refractivity contribution in [2.24, 2.45) is 0 Å². The Labute approximate surface area is 87.3 Å². The first-order valence-electron chi connectivity index (χ1n) is 5.13. The lowest BCUT2D eigenvalue weighted by Gasteiger charge is -1.95. The molecule has 1 aliphatic carbocycles. The number of nitrogens with one attached hydrogen (secondary N) is 1. The molecule has 0 aromatic carbocycles. The Morgan fingerprint density at radius 2 is 2.40 bits per heavy atom. The highest BCUT2D eigenvalue weighted by atomic mass is 16.5. The van der Waals surface area contributed by atoms with E-state index in [2.05, 4.69) is 10.5 Å². The molecule has 15 heavy (non-hydrogen) atoms. The maximum absolute atomic E-state index is 5.21. The first kappa shape index (κ1) is 8.73. The molecule has 2 aromatic heterocycles. The Hall–Kier alpha value is -1.55. The van der Waals surface area contributed by atoms with Gasteiger partial charge in [0.1, 0.15) is 6.26 Å². The van der Waals surface area contributed by atoms with Crippen LogP contribution in [0.2, 0.25) is 0 Å². The van der Waals surface area contributed by atoms with Gasteiger partial charge in [-0.05, 0) is 18.9 Å². The van der Waals surface area contributed by atoms with Crippen molar-refractivity contribution in [2.75, 3.05) is 0 Å². The van der Waals surface area contributed by atoms with Gasteiger partial charge in [0.2, 0.25) is 0 Å². The molecule has 1 aliphatic rings. The molecule has 0 spiro atoms. The van der Waals surface area contributed by atoms with Gasteiger partial charge in [0, 0.05) is 18.7 Å². The van der Waals surface area contributed by atoms with Gasteiger partial charge in [-0.1, -0.05) is 5.16 Å². The fourth-order valence-electron chi connectivity index (χ4n) is 1.47. The van der Waals surface area contributed by atoms with Gasteiger partial charge in [-0.25, -0.2) is 0 Å². The minimum absolute atomic E-state index is 0.694. The molecule has 0 radical (unpaired) electrons. The summed E-state index contributed by atoms with van der Waals surface area (Å²) in [6.07, 6.45) is 5.84. The van der Waals surface area contributed by atoms with E-state index in [1.807, 2.05) is 12.1 Å². The quantitative estimate of drug-likeness (QED) is 0.829. The summed E-state index contributed by atoms with van der Waals surface area (Å²) in [4.78, 5) is 0. The van der Waals surface area contributed by atoms with Crippen molar-refractivity contribution in [2.45, 2.75) is 25.4 Å². The zero-order valence-corrected chi connectivity index (χ0v) is 8.27. The Morgan fingerprint density at radius 3 is 3.13 bits per heavy atom. The number of hydrogen-bond acceptors (Lipinski definition) is 4. The van der Waals surface area contributed by atoms with Crippen LogP contribution in [0.4, 0.5) is 0 Å². The van der Waals surface area contributed by atoms with Crippen molar-refractivity contribution in [3.05, 3.63) is 30.4 Å². The second-order valence-electron chi connectivity index (χ2n) is 3.85. The van der Waals surface area contributed by atoms with E-state index in [9.17, 15) is 0 Å². The molecule has 0 bridgehead atoms. The number of aromatic nitrogens is 1. The topological polar surface area (TPSA) is 51.2 Å². The predicted octanol–water partition coefficient (Wildman–Crippen LogP) is 2.19. The van der Waals surface area contributed by atoms with Crippen LogP contribution in [0.1, 0.15) is 18.5 Å². The molecule has 2 aromatic rings.